The molecule has 0 bridgehead atoms. The molecule has 0 radical (unpaired) electrons. The van der Waals surface area contributed by atoms with Gasteiger partial charge >= 0.3 is 0 Å². The SMILES string of the molecule is Cc1cnc(CNc2ncccc2C)cn1. The summed E-state index contributed by atoms with van der Waals surface area (Å²) in [5.74, 6) is 0.893. The minimum Gasteiger partial charge on any atom is -0.364 e. The van der Waals surface area contributed by atoms with Gasteiger partial charge in [-0.3, -0.25) is 9.97 Å². The van der Waals surface area contributed by atoms with Crippen molar-refractivity contribution in [3.63, 3.8) is 0 Å². The van der Waals surface area contributed by atoms with Crippen molar-refractivity contribution >= 4 is 5.82 Å². The zero-order valence-electron chi connectivity index (χ0n) is 9.44. The van der Waals surface area contributed by atoms with E-state index < -0.39 is 0 Å². The third-order valence-corrected chi connectivity index (χ3v) is 2.28. The fraction of sp³-hybridized carbons (Fsp3) is 0.250. The van der Waals surface area contributed by atoms with Gasteiger partial charge in [0.1, 0.15) is 5.82 Å². The Morgan fingerprint density at radius 1 is 1.12 bits per heavy atom. The summed E-state index contributed by atoms with van der Waals surface area (Å²) in [5.41, 5.74) is 2.97. The lowest BCUT2D eigenvalue weighted by Gasteiger charge is -2.07. The molecule has 16 heavy (non-hydrogen) atoms. The molecular weight excluding hydrogens is 200 g/mol. The predicted molar refractivity (Wildman–Crippen MR) is 63.1 cm³/mol. The highest BCUT2D eigenvalue weighted by atomic mass is 15.0. The molecule has 1 N–H and O–H groups in total. The second-order valence-corrected chi connectivity index (χ2v) is 3.67. The average molecular weight is 214 g/mol. The van der Waals surface area contributed by atoms with Crippen molar-refractivity contribution in [2.45, 2.75) is 20.4 Å². The van der Waals surface area contributed by atoms with Gasteiger partial charge < -0.3 is 5.32 Å². The van der Waals surface area contributed by atoms with Gasteiger partial charge in [-0.1, -0.05) is 6.07 Å². The Bertz CT molecular complexity index is 465. The Balaban J connectivity index is 2.02. The zero-order chi connectivity index (χ0) is 11.4. The maximum absolute atomic E-state index is 4.27. The molecule has 4 heteroatoms. The molecular formula is C12H14N4. The van der Waals surface area contributed by atoms with Crippen LogP contribution >= 0.6 is 0 Å². The molecule has 0 saturated heterocycles. The monoisotopic (exact) mass is 214 g/mol. The normalized spacial score (nSPS) is 10.1. The van der Waals surface area contributed by atoms with E-state index in [2.05, 4.69) is 20.3 Å². The summed E-state index contributed by atoms with van der Waals surface area (Å²) in [6.45, 7) is 4.59. The lowest BCUT2D eigenvalue weighted by Crippen LogP contribution is -2.05. The first kappa shape index (κ1) is 10.5. The minimum atomic E-state index is 0.644. The Morgan fingerprint density at radius 3 is 2.69 bits per heavy atom. The van der Waals surface area contributed by atoms with Gasteiger partial charge in [-0.2, -0.15) is 0 Å². The number of aromatic nitrogens is 3. The molecule has 4 nitrogen and oxygen atoms in total. The molecule has 2 rings (SSSR count). The van der Waals surface area contributed by atoms with Crippen molar-refractivity contribution < 1.29 is 0 Å². The second-order valence-electron chi connectivity index (χ2n) is 3.67. The topological polar surface area (TPSA) is 50.7 Å². The number of hydrogen-bond donors (Lipinski definition) is 1. The first-order chi connectivity index (χ1) is 7.75. The fourth-order valence-corrected chi connectivity index (χ4v) is 1.36. The van der Waals surface area contributed by atoms with E-state index in [1.54, 1.807) is 18.6 Å². The first-order valence-corrected chi connectivity index (χ1v) is 5.19. The largest absolute Gasteiger partial charge is 0.364 e. The van der Waals surface area contributed by atoms with Crippen LogP contribution in [0.5, 0.6) is 0 Å². The van der Waals surface area contributed by atoms with E-state index in [4.69, 9.17) is 0 Å². The maximum Gasteiger partial charge on any atom is 0.129 e. The van der Waals surface area contributed by atoms with Crippen LogP contribution in [0, 0.1) is 13.8 Å². The van der Waals surface area contributed by atoms with Crippen LogP contribution in [0.2, 0.25) is 0 Å². The molecule has 0 atom stereocenters. The molecule has 2 aromatic rings. The molecule has 0 aromatic carbocycles. The number of nitrogens with one attached hydrogen (secondary N) is 1. The highest BCUT2D eigenvalue weighted by molar-refractivity contribution is 5.42. The van der Waals surface area contributed by atoms with Crippen LogP contribution in [0.15, 0.2) is 30.7 Å². The average Bonchev–Trinajstić information content (AvgIpc) is 2.30. The molecule has 0 aliphatic carbocycles. The van der Waals surface area contributed by atoms with Crippen molar-refractivity contribution in [2.75, 3.05) is 5.32 Å². The summed E-state index contributed by atoms with van der Waals surface area (Å²) >= 11 is 0. The van der Waals surface area contributed by atoms with Crippen molar-refractivity contribution in [3.05, 3.63) is 47.7 Å². The summed E-state index contributed by atoms with van der Waals surface area (Å²) in [4.78, 5) is 12.7. The number of nitrogens with zero attached hydrogens (tertiary/aromatic N) is 3. The van der Waals surface area contributed by atoms with Crippen molar-refractivity contribution in [1.82, 2.24) is 15.0 Å². The Hall–Kier alpha value is -1.97. The highest BCUT2D eigenvalue weighted by Crippen LogP contribution is 2.09. The third-order valence-electron chi connectivity index (χ3n) is 2.28. The highest BCUT2D eigenvalue weighted by Gasteiger charge is 1.99. The summed E-state index contributed by atoms with van der Waals surface area (Å²) in [6.07, 6.45) is 5.32. The van der Waals surface area contributed by atoms with Crippen LogP contribution in [-0.4, -0.2) is 15.0 Å². The number of hydrogen-bond acceptors (Lipinski definition) is 4. The summed E-state index contributed by atoms with van der Waals surface area (Å²) in [7, 11) is 0. The summed E-state index contributed by atoms with van der Waals surface area (Å²) < 4.78 is 0. The van der Waals surface area contributed by atoms with Gasteiger partial charge in [-0.25, -0.2) is 4.98 Å². The van der Waals surface area contributed by atoms with E-state index in [0.717, 1.165) is 22.8 Å². The molecule has 0 amide bonds. The summed E-state index contributed by atoms with van der Waals surface area (Å²) in [5, 5.41) is 3.24. The molecule has 0 unspecified atom stereocenters. The molecule has 0 spiro atoms. The van der Waals surface area contributed by atoms with E-state index in [1.165, 1.54) is 0 Å². The Labute approximate surface area is 94.8 Å². The zero-order valence-corrected chi connectivity index (χ0v) is 9.44. The lowest BCUT2D eigenvalue weighted by atomic mass is 10.3. The second kappa shape index (κ2) is 4.70. The van der Waals surface area contributed by atoms with Gasteiger partial charge in [-0.15, -0.1) is 0 Å². The van der Waals surface area contributed by atoms with Gasteiger partial charge in [0.05, 0.1) is 24.1 Å². The van der Waals surface area contributed by atoms with Gasteiger partial charge in [0.15, 0.2) is 0 Å². The van der Waals surface area contributed by atoms with Crippen LogP contribution in [0.4, 0.5) is 5.82 Å². The minimum absolute atomic E-state index is 0.644. The quantitative estimate of drug-likeness (QED) is 0.850. The van der Waals surface area contributed by atoms with Crippen molar-refractivity contribution in [3.8, 4) is 0 Å². The molecule has 2 heterocycles. The predicted octanol–water partition coefficient (Wildman–Crippen LogP) is 2.10. The van der Waals surface area contributed by atoms with Gasteiger partial charge in [0, 0.05) is 12.4 Å². The van der Waals surface area contributed by atoms with E-state index in [-0.39, 0.29) is 0 Å². The van der Waals surface area contributed by atoms with Crippen molar-refractivity contribution in [1.29, 1.82) is 0 Å². The fourth-order valence-electron chi connectivity index (χ4n) is 1.36. The smallest absolute Gasteiger partial charge is 0.129 e. The van der Waals surface area contributed by atoms with Gasteiger partial charge in [-0.05, 0) is 25.5 Å². The van der Waals surface area contributed by atoms with Crippen LogP contribution in [0.1, 0.15) is 17.0 Å². The van der Waals surface area contributed by atoms with Crippen LogP contribution < -0.4 is 5.32 Å². The van der Waals surface area contributed by atoms with Gasteiger partial charge in [0.25, 0.3) is 0 Å². The van der Waals surface area contributed by atoms with E-state index in [0.29, 0.717) is 6.54 Å². The molecule has 0 fully saturated rings. The molecule has 0 aliphatic rings. The van der Waals surface area contributed by atoms with E-state index in [1.807, 2.05) is 26.0 Å². The lowest BCUT2D eigenvalue weighted by molar-refractivity contribution is 0.974. The van der Waals surface area contributed by atoms with Gasteiger partial charge in [0.2, 0.25) is 0 Å². The number of anilines is 1. The standard InChI is InChI=1S/C12H14N4/c1-9-4-3-5-13-12(9)16-8-11-7-14-10(2)6-15-11/h3-7H,8H2,1-2H3,(H,13,16). The van der Waals surface area contributed by atoms with Crippen LogP contribution in [0.3, 0.4) is 0 Å². The van der Waals surface area contributed by atoms with E-state index in [9.17, 15) is 0 Å². The van der Waals surface area contributed by atoms with Crippen LogP contribution in [0.25, 0.3) is 0 Å². The van der Waals surface area contributed by atoms with E-state index >= 15 is 0 Å². The Kier molecular flexibility index (Phi) is 3.10. The third kappa shape index (κ3) is 2.53. The number of rotatable bonds is 3. The molecule has 0 aliphatic heterocycles. The van der Waals surface area contributed by atoms with Crippen LogP contribution in [-0.2, 0) is 6.54 Å². The maximum atomic E-state index is 4.27. The number of pyridine rings is 1. The summed E-state index contributed by atoms with van der Waals surface area (Å²) in [6, 6.07) is 3.95. The molecule has 0 saturated carbocycles. The molecule has 2 aromatic heterocycles. The first-order valence-electron chi connectivity index (χ1n) is 5.19. The van der Waals surface area contributed by atoms with Crippen molar-refractivity contribution in [2.24, 2.45) is 0 Å². The molecule has 82 valence electrons. The Morgan fingerprint density at radius 2 is 2.00 bits per heavy atom. The number of aryl methyl sites for hydroxylation is 2.